The smallest absolute Gasteiger partial charge is 0.322 e. The number of aromatic nitrogens is 2. The quantitative estimate of drug-likeness (QED) is 0.726. The van der Waals surface area contributed by atoms with Crippen molar-refractivity contribution in [2.24, 2.45) is 5.92 Å². The number of nitrogens with zero attached hydrogens (tertiary/aromatic N) is 4. The van der Waals surface area contributed by atoms with Gasteiger partial charge in [-0.15, -0.1) is 0 Å². The van der Waals surface area contributed by atoms with Crippen molar-refractivity contribution in [2.75, 3.05) is 6.61 Å². The Morgan fingerprint density at radius 2 is 2.17 bits per heavy atom. The summed E-state index contributed by atoms with van der Waals surface area (Å²) >= 11 is 0. The first kappa shape index (κ1) is 13.7. The van der Waals surface area contributed by atoms with Crippen molar-refractivity contribution < 1.29 is 14.1 Å². The highest BCUT2D eigenvalue weighted by Gasteiger charge is 2.49. The maximum absolute atomic E-state index is 12.0. The lowest BCUT2D eigenvalue weighted by Crippen LogP contribution is -2.41. The zero-order valence-corrected chi connectivity index (χ0v) is 10.3. The third kappa shape index (κ3) is 2.16. The van der Waals surface area contributed by atoms with Crippen molar-refractivity contribution in [3.05, 3.63) is 11.7 Å². The second-order valence-electron chi connectivity index (χ2n) is 3.75. The summed E-state index contributed by atoms with van der Waals surface area (Å²) in [6.07, 6.45) is 0. The van der Waals surface area contributed by atoms with Gasteiger partial charge in [-0.25, -0.2) is 0 Å². The Morgan fingerprint density at radius 3 is 2.56 bits per heavy atom. The average Bonchev–Trinajstić information content (AvgIpc) is 2.77. The summed E-state index contributed by atoms with van der Waals surface area (Å²) in [5, 5.41) is 21.6. The molecule has 7 nitrogen and oxygen atoms in total. The molecule has 0 saturated carbocycles. The molecule has 18 heavy (non-hydrogen) atoms. The largest absolute Gasteiger partial charge is 0.465 e. The minimum atomic E-state index is -1.56. The lowest BCUT2D eigenvalue weighted by Gasteiger charge is -2.23. The van der Waals surface area contributed by atoms with Gasteiger partial charge in [0, 0.05) is 6.92 Å². The highest BCUT2D eigenvalue weighted by molar-refractivity contribution is 5.83. The van der Waals surface area contributed by atoms with Crippen LogP contribution in [0.15, 0.2) is 4.52 Å². The highest BCUT2D eigenvalue weighted by atomic mass is 16.5. The Kier molecular flexibility index (Phi) is 4.01. The number of ether oxygens (including phenoxy) is 1. The van der Waals surface area contributed by atoms with Gasteiger partial charge in [-0.2, -0.15) is 15.5 Å². The minimum absolute atomic E-state index is 0.0217. The zero-order chi connectivity index (χ0) is 13.8. The van der Waals surface area contributed by atoms with E-state index in [1.54, 1.807) is 26.0 Å². The van der Waals surface area contributed by atoms with Gasteiger partial charge >= 0.3 is 5.97 Å². The molecule has 1 atom stereocenters. The first-order valence-corrected chi connectivity index (χ1v) is 5.27. The summed E-state index contributed by atoms with van der Waals surface area (Å²) in [6, 6.07) is 3.51. The molecule has 0 N–H and O–H groups in total. The SMILES string of the molecule is CCOC(=O)[C@](C)(c1noc(C)n1)C(C#N)C#N. The summed E-state index contributed by atoms with van der Waals surface area (Å²) < 4.78 is 9.68. The van der Waals surface area contributed by atoms with Crippen molar-refractivity contribution in [1.82, 2.24) is 10.1 Å². The van der Waals surface area contributed by atoms with E-state index < -0.39 is 17.3 Å². The van der Waals surface area contributed by atoms with Crippen LogP contribution in [-0.2, 0) is 14.9 Å². The Hall–Kier alpha value is -2.41. The number of nitriles is 2. The van der Waals surface area contributed by atoms with Crippen molar-refractivity contribution in [2.45, 2.75) is 26.2 Å². The maximum atomic E-state index is 12.0. The highest BCUT2D eigenvalue weighted by Crippen LogP contribution is 2.31. The second-order valence-corrected chi connectivity index (χ2v) is 3.75. The summed E-state index contributed by atoms with van der Waals surface area (Å²) in [4.78, 5) is 15.9. The first-order chi connectivity index (χ1) is 8.50. The molecule has 1 rings (SSSR count). The molecular formula is C11H12N4O3. The van der Waals surface area contributed by atoms with Crippen LogP contribution >= 0.6 is 0 Å². The van der Waals surface area contributed by atoms with E-state index in [0.717, 1.165) is 0 Å². The predicted molar refractivity (Wildman–Crippen MR) is 57.7 cm³/mol. The van der Waals surface area contributed by atoms with E-state index in [2.05, 4.69) is 10.1 Å². The lowest BCUT2D eigenvalue weighted by molar-refractivity contribution is -0.150. The van der Waals surface area contributed by atoms with Crippen LogP contribution in [0, 0.1) is 35.5 Å². The standard InChI is InChI=1S/C11H12N4O3/c1-4-17-10(16)11(3,8(5-12)6-13)9-14-7(2)18-15-9/h8H,4H2,1-3H3/t11-/m0/s1. The molecule has 94 valence electrons. The molecule has 0 saturated heterocycles. The number of aryl methyl sites for hydroxylation is 1. The summed E-state index contributed by atoms with van der Waals surface area (Å²) in [5.41, 5.74) is -1.56. The molecule has 0 amide bonds. The summed E-state index contributed by atoms with van der Waals surface area (Å²) in [6.45, 7) is 4.71. The number of esters is 1. The number of hydrogen-bond acceptors (Lipinski definition) is 7. The molecule has 0 bridgehead atoms. The van der Waals surface area contributed by atoms with Gasteiger partial charge in [0.05, 0.1) is 18.7 Å². The molecule has 0 radical (unpaired) electrons. The van der Waals surface area contributed by atoms with Gasteiger partial charge in [0.1, 0.15) is 0 Å². The van der Waals surface area contributed by atoms with Crippen LogP contribution in [0.4, 0.5) is 0 Å². The molecule has 0 aliphatic heterocycles. The number of carbonyl (C=O) groups is 1. The number of hydrogen-bond donors (Lipinski definition) is 0. The van der Waals surface area contributed by atoms with Crippen LogP contribution in [-0.4, -0.2) is 22.7 Å². The van der Waals surface area contributed by atoms with Crippen LogP contribution in [0.1, 0.15) is 25.6 Å². The van der Waals surface area contributed by atoms with Crippen LogP contribution < -0.4 is 0 Å². The Labute approximate surface area is 104 Å². The van der Waals surface area contributed by atoms with E-state index in [0.29, 0.717) is 0 Å². The van der Waals surface area contributed by atoms with E-state index in [1.807, 2.05) is 0 Å². The zero-order valence-electron chi connectivity index (χ0n) is 10.3. The van der Waals surface area contributed by atoms with Gasteiger partial charge < -0.3 is 9.26 Å². The summed E-state index contributed by atoms with van der Waals surface area (Å²) in [5.74, 6) is -1.76. The Balaban J connectivity index is 3.31. The average molecular weight is 248 g/mol. The molecule has 0 aliphatic rings. The third-order valence-electron chi connectivity index (χ3n) is 2.53. The van der Waals surface area contributed by atoms with Gasteiger partial charge in [0.15, 0.2) is 17.2 Å². The van der Waals surface area contributed by atoms with E-state index in [9.17, 15) is 4.79 Å². The van der Waals surface area contributed by atoms with Crippen molar-refractivity contribution >= 4 is 5.97 Å². The molecule has 0 aliphatic carbocycles. The normalized spacial score (nSPS) is 13.4. The maximum Gasteiger partial charge on any atom is 0.322 e. The first-order valence-electron chi connectivity index (χ1n) is 5.27. The van der Waals surface area contributed by atoms with Crippen molar-refractivity contribution in [1.29, 1.82) is 10.5 Å². The molecule has 7 heteroatoms. The van der Waals surface area contributed by atoms with Gasteiger partial charge in [-0.1, -0.05) is 5.16 Å². The molecule has 1 aromatic heterocycles. The van der Waals surface area contributed by atoms with E-state index in [1.165, 1.54) is 6.92 Å². The fourth-order valence-corrected chi connectivity index (χ4v) is 1.42. The molecule has 0 fully saturated rings. The molecule has 1 aromatic rings. The van der Waals surface area contributed by atoms with E-state index in [-0.39, 0.29) is 18.3 Å². The number of rotatable bonds is 4. The Morgan fingerprint density at radius 1 is 1.56 bits per heavy atom. The lowest BCUT2D eigenvalue weighted by atomic mass is 9.77. The van der Waals surface area contributed by atoms with Crippen LogP contribution in [0.2, 0.25) is 0 Å². The third-order valence-corrected chi connectivity index (χ3v) is 2.53. The molecule has 1 heterocycles. The van der Waals surface area contributed by atoms with Crippen LogP contribution in [0.5, 0.6) is 0 Å². The monoisotopic (exact) mass is 248 g/mol. The second kappa shape index (κ2) is 5.28. The van der Waals surface area contributed by atoms with Gasteiger partial charge in [0.25, 0.3) is 0 Å². The van der Waals surface area contributed by atoms with E-state index >= 15 is 0 Å². The van der Waals surface area contributed by atoms with E-state index in [4.69, 9.17) is 19.8 Å². The minimum Gasteiger partial charge on any atom is -0.465 e. The fourth-order valence-electron chi connectivity index (χ4n) is 1.42. The van der Waals surface area contributed by atoms with Crippen molar-refractivity contribution in [3.63, 3.8) is 0 Å². The van der Waals surface area contributed by atoms with Crippen LogP contribution in [0.3, 0.4) is 0 Å². The number of carbonyl (C=O) groups excluding carboxylic acids is 1. The fraction of sp³-hybridized carbons (Fsp3) is 0.545. The predicted octanol–water partition coefficient (Wildman–Crippen LogP) is 0.862. The molecule has 0 spiro atoms. The summed E-state index contributed by atoms with van der Waals surface area (Å²) in [7, 11) is 0. The van der Waals surface area contributed by atoms with Gasteiger partial charge in [-0.05, 0) is 13.8 Å². The van der Waals surface area contributed by atoms with Gasteiger partial charge in [-0.3, -0.25) is 4.79 Å². The molecule has 0 aromatic carbocycles. The van der Waals surface area contributed by atoms with Gasteiger partial charge in [0.2, 0.25) is 5.89 Å². The topological polar surface area (TPSA) is 113 Å². The van der Waals surface area contributed by atoms with Crippen molar-refractivity contribution in [3.8, 4) is 12.1 Å². The van der Waals surface area contributed by atoms with Crippen LogP contribution in [0.25, 0.3) is 0 Å². The molecular weight excluding hydrogens is 236 g/mol. The Bertz CT molecular complexity index is 511. The molecule has 0 unspecified atom stereocenters.